The molecule has 1 heterocycles. The highest BCUT2D eigenvalue weighted by Gasteiger charge is 2.34. The second kappa shape index (κ2) is 8.25. The number of halogens is 1. The van der Waals surface area contributed by atoms with Gasteiger partial charge in [-0.25, -0.2) is 0 Å². The lowest BCUT2D eigenvalue weighted by atomic mass is 10.1. The van der Waals surface area contributed by atoms with Crippen LogP contribution in [-0.4, -0.2) is 43.2 Å². The third-order valence-corrected chi connectivity index (χ3v) is 4.00. The van der Waals surface area contributed by atoms with E-state index in [1.165, 1.54) is 0 Å². The van der Waals surface area contributed by atoms with Crippen molar-refractivity contribution in [2.45, 2.75) is 32.4 Å². The molecule has 1 fully saturated rings. The van der Waals surface area contributed by atoms with E-state index in [-0.39, 0.29) is 24.4 Å². The Labute approximate surface area is 138 Å². The monoisotopic (exact) mass is 328 g/mol. The van der Waals surface area contributed by atoms with Crippen LogP contribution in [0.1, 0.15) is 20.3 Å². The standard InChI is InChI=1S/C16H24N2O3.ClH/c1-11-8-13(9-17)10-18(11)16(19)12(2)21-15-6-4-14(20-3)5-7-15;/h4-7,11-13H,8-10,17H2,1-3H3;1H. The van der Waals surface area contributed by atoms with E-state index in [1.807, 2.05) is 17.0 Å². The minimum Gasteiger partial charge on any atom is -0.497 e. The second-order valence-corrected chi connectivity index (χ2v) is 5.61. The Hall–Kier alpha value is -1.46. The highest BCUT2D eigenvalue weighted by molar-refractivity contribution is 5.85. The van der Waals surface area contributed by atoms with Gasteiger partial charge in [-0.05, 0) is 57.0 Å². The molecule has 124 valence electrons. The van der Waals surface area contributed by atoms with Crippen LogP contribution in [-0.2, 0) is 4.79 Å². The van der Waals surface area contributed by atoms with E-state index in [1.54, 1.807) is 26.2 Å². The third-order valence-electron chi connectivity index (χ3n) is 4.00. The van der Waals surface area contributed by atoms with Crippen LogP contribution in [0.25, 0.3) is 0 Å². The van der Waals surface area contributed by atoms with Crippen LogP contribution in [0.5, 0.6) is 11.5 Å². The summed E-state index contributed by atoms with van der Waals surface area (Å²) >= 11 is 0. The van der Waals surface area contributed by atoms with Crippen molar-refractivity contribution in [3.8, 4) is 11.5 Å². The average molecular weight is 329 g/mol. The Morgan fingerprint density at radius 1 is 1.36 bits per heavy atom. The SMILES string of the molecule is COc1ccc(OC(C)C(=O)N2CC(CN)CC2C)cc1.Cl. The van der Waals surface area contributed by atoms with Gasteiger partial charge in [0.05, 0.1) is 7.11 Å². The fourth-order valence-electron chi connectivity index (χ4n) is 2.76. The van der Waals surface area contributed by atoms with Gasteiger partial charge >= 0.3 is 0 Å². The molecule has 0 aliphatic carbocycles. The molecule has 0 radical (unpaired) electrons. The highest BCUT2D eigenvalue weighted by atomic mass is 35.5. The molecule has 1 aliphatic rings. The molecule has 5 nitrogen and oxygen atoms in total. The first kappa shape index (κ1) is 18.6. The van der Waals surface area contributed by atoms with E-state index in [0.29, 0.717) is 18.2 Å². The molecule has 3 unspecified atom stereocenters. The van der Waals surface area contributed by atoms with Crippen molar-refractivity contribution in [1.82, 2.24) is 4.90 Å². The normalized spacial score (nSPS) is 21.9. The second-order valence-electron chi connectivity index (χ2n) is 5.61. The number of ether oxygens (including phenoxy) is 2. The molecule has 3 atom stereocenters. The molecular formula is C16H25ClN2O3. The average Bonchev–Trinajstić information content (AvgIpc) is 2.88. The van der Waals surface area contributed by atoms with Crippen LogP contribution in [0.4, 0.5) is 0 Å². The third kappa shape index (κ3) is 4.27. The fraction of sp³-hybridized carbons (Fsp3) is 0.562. The van der Waals surface area contributed by atoms with Crippen LogP contribution in [0, 0.1) is 5.92 Å². The highest BCUT2D eigenvalue weighted by Crippen LogP contribution is 2.24. The first-order valence-electron chi connectivity index (χ1n) is 7.36. The molecule has 1 aliphatic heterocycles. The van der Waals surface area contributed by atoms with Crippen LogP contribution >= 0.6 is 12.4 Å². The van der Waals surface area contributed by atoms with Gasteiger partial charge in [0.15, 0.2) is 6.10 Å². The van der Waals surface area contributed by atoms with Crippen molar-refractivity contribution >= 4 is 18.3 Å². The minimum atomic E-state index is -0.502. The maximum atomic E-state index is 12.5. The van der Waals surface area contributed by atoms with Crippen LogP contribution < -0.4 is 15.2 Å². The number of hydrogen-bond donors (Lipinski definition) is 1. The molecule has 1 saturated heterocycles. The summed E-state index contributed by atoms with van der Waals surface area (Å²) in [5.41, 5.74) is 5.70. The van der Waals surface area contributed by atoms with Crippen molar-refractivity contribution in [3.05, 3.63) is 24.3 Å². The molecule has 1 aromatic carbocycles. The van der Waals surface area contributed by atoms with Crippen molar-refractivity contribution in [2.24, 2.45) is 11.7 Å². The Balaban J connectivity index is 0.00000242. The van der Waals surface area contributed by atoms with Gasteiger partial charge in [-0.1, -0.05) is 0 Å². The summed E-state index contributed by atoms with van der Waals surface area (Å²) in [6.07, 6.45) is 0.467. The van der Waals surface area contributed by atoms with E-state index in [0.717, 1.165) is 18.7 Å². The van der Waals surface area contributed by atoms with Crippen molar-refractivity contribution in [3.63, 3.8) is 0 Å². The number of amides is 1. The summed E-state index contributed by atoms with van der Waals surface area (Å²) in [6.45, 7) is 5.21. The summed E-state index contributed by atoms with van der Waals surface area (Å²) in [5, 5.41) is 0. The van der Waals surface area contributed by atoms with Gasteiger partial charge in [-0.2, -0.15) is 0 Å². The van der Waals surface area contributed by atoms with Gasteiger partial charge in [0.2, 0.25) is 0 Å². The molecule has 6 heteroatoms. The smallest absolute Gasteiger partial charge is 0.263 e. The van der Waals surface area contributed by atoms with Gasteiger partial charge < -0.3 is 20.1 Å². The van der Waals surface area contributed by atoms with E-state index in [9.17, 15) is 4.79 Å². The largest absolute Gasteiger partial charge is 0.497 e. The molecule has 0 aromatic heterocycles. The number of likely N-dealkylation sites (tertiary alicyclic amines) is 1. The molecular weight excluding hydrogens is 304 g/mol. The summed E-state index contributed by atoms with van der Waals surface area (Å²) in [6, 6.07) is 7.47. The van der Waals surface area contributed by atoms with Crippen molar-refractivity contribution < 1.29 is 14.3 Å². The number of carbonyl (C=O) groups is 1. The Morgan fingerprint density at radius 3 is 2.45 bits per heavy atom. The maximum Gasteiger partial charge on any atom is 0.263 e. The van der Waals surface area contributed by atoms with E-state index >= 15 is 0 Å². The topological polar surface area (TPSA) is 64.8 Å². The number of rotatable bonds is 5. The predicted octanol–water partition coefficient (Wildman–Crippen LogP) is 2.08. The molecule has 1 amide bonds. The number of nitrogens with zero attached hydrogens (tertiary/aromatic N) is 1. The quantitative estimate of drug-likeness (QED) is 0.898. The van der Waals surface area contributed by atoms with E-state index in [2.05, 4.69) is 6.92 Å². The Kier molecular flexibility index (Phi) is 6.97. The lowest BCUT2D eigenvalue weighted by Crippen LogP contribution is -2.42. The number of nitrogens with two attached hydrogens (primary N) is 1. The van der Waals surface area contributed by atoms with Crippen molar-refractivity contribution in [1.29, 1.82) is 0 Å². The number of methoxy groups -OCH3 is 1. The van der Waals surface area contributed by atoms with Gasteiger partial charge in [0, 0.05) is 12.6 Å². The van der Waals surface area contributed by atoms with Gasteiger partial charge in [-0.15, -0.1) is 12.4 Å². The number of carbonyl (C=O) groups excluding carboxylic acids is 1. The zero-order chi connectivity index (χ0) is 15.4. The number of hydrogen-bond acceptors (Lipinski definition) is 4. The van der Waals surface area contributed by atoms with Crippen LogP contribution in [0.15, 0.2) is 24.3 Å². The van der Waals surface area contributed by atoms with Gasteiger partial charge in [0.1, 0.15) is 11.5 Å². The fourth-order valence-corrected chi connectivity index (χ4v) is 2.76. The molecule has 22 heavy (non-hydrogen) atoms. The Bertz CT molecular complexity index is 481. The van der Waals surface area contributed by atoms with Crippen LogP contribution in [0.2, 0.25) is 0 Å². The summed E-state index contributed by atoms with van der Waals surface area (Å²) in [7, 11) is 1.62. The number of benzene rings is 1. The van der Waals surface area contributed by atoms with Gasteiger partial charge in [0.25, 0.3) is 5.91 Å². The van der Waals surface area contributed by atoms with Crippen LogP contribution in [0.3, 0.4) is 0 Å². The summed E-state index contributed by atoms with van der Waals surface area (Å²) < 4.78 is 10.8. The molecule has 0 bridgehead atoms. The molecule has 1 aromatic rings. The molecule has 0 saturated carbocycles. The zero-order valence-corrected chi connectivity index (χ0v) is 14.1. The minimum absolute atomic E-state index is 0. The van der Waals surface area contributed by atoms with E-state index in [4.69, 9.17) is 15.2 Å². The maximum absolute atomic E-state index is 12.5. The first-order valence-corrected chi connectivity index (χ1v) is 7.36. The zero-order valence-electron chi connectivity index (χ0n) is 13.3. The summed E-state index contributed by atoms with van der Waals surface area (Å²) in [5.74, 6) is 1.85. The van der Waals surface area contributed by atoms with Crippen molar-refractivity contribution in [2.75, 3.05) is 20.2 Å². The molecule has 2 rings (SSSR count). The summed E-state index contributed by atoms with van der Waals surface area (Å²) in [4.78, 5) is 14.4. The van der Waals surface area contributed by atoms with E-state index < -0.39 is 6.10 Å². The predicted molar refractivity (Wildman–Crippen MR) is 88.7 cm³/mol. The lowest BCUT2D eigenvalue weighted by molar-refractivity contribution is -0.138. The first-order chi connectivity index (χ1) is 10.0. The van der Waals surface area contributed by atoms with Gasteiger partial charge in [-0.3, -0.25) is 4.79 Å². The Morgan fingerprint density at radius 2 is 1.95 bits per heavy atom. The molecule has 2 N–H and O–H groups in total. The lowest BCUT2D eigenvalue weighted by Gasteiger charge is -2.25. The molecule has 0 spiro atoms.